The highest BCUT2D eigenvalue weighted by Gasteiger charge is 2.14. The van der Waals surface area contributed by atoms with Gasteiger partial charge in [-0.3, -0.25) is 9.67 Å². The third-order valence-corrected chi connectivity index (χ3v) is 5.06. The van der Waals surface area contributed by atoms with Crippen molar-refractivity contribution < 1.29 is 9.47 Å². The minimum absolute atomic E-state index is 0.0523. The first-order chi connectivity index (χ1) is 14.4. The zero-order chi connectivity index (χ0) is 22.1. The number of aliphatic imine (C=N–C) groups is 1. The van der Waals surface area contributed by atoms with Crippen molar-refractivity contribution in [3.05, 3.63) is 40.7 Å². The number of rotatable bonds is 10. The number of hydrogen-bond donors (Lipinski definition) is 2. The van der Waals surface area contributed by atoms with Crippen LogP contribution in [0.25, 0.3) is 0 Å². The molecule has 0 bridgehead atoms. The van der Waals surface area contributed by atoms with Crippen molar-refractivity contribution in [3.8, 4) is 11.5 Å². The Bertz CT molecular complexity index is 844. The van der Waals surface area contributed by atoms with E-state index in [0.717, 1.165) is 47.3 Å². The topological polar surface area (TPSA) is 72.7 Å². The molecule has 7 nitrogen and oxygen atoms in total. The lowest BCUT2D eigenvalue weighted by Gasteiger charge is -2.20. The number of aromatic nitrogens is 2. The van der Waals surface area contributed by atoms with E-state index in [1.54, 1.807) is 7.05 Å². The second kappa shape index (κ2) is 11.5. The zero-order valence-electron chi connectivity index (χ0n) is 19.5. The standard InChI is InChI=1S/C23H37N5O2/c1-8-12-29-21-11-10-19(14-22(21)30-13-9-2)16(3)26-23(24-6)25-15-20-17(4)27-28(7)18(20)5/h10-11,14,16H,8-9,12-13,15H2,1-7H3,(H2,24,25,26). The Hall–Kier alpha value is -2.70. The predicted molar refractivity (Wildman–Crippen MR) is 122 cm³/mol. The third-order valence-electron chi connectivity index (χ3n) is 5.06. The van der Waals surface area contributed by atoms with Gasteiger partial charge in [-0.15, -0.1) is 0 Å². The number of aryl methyl sites for hydroxylation is 2. The third kappa shape index (κ3) is 6.15. The Balaban J connectivity index is 2.07. The lowest BCUT2D eigenvalue weighted by atomic mass is 10.1. The van der Waals surface area contributed by atoms with Gasteiger partial charge in [0.25, 0.3) is 0 Å². The van der Waals surface area contributed by atoms with Crippen LogP contribution in [0.3, 0.4) is 0 Å². The molecule has 0 saturated heterocycles. The molecule has 30 heavy (non-hydrogen) atoms. The Morgan fingerprint density at radius 3 is 2.37 bits per heavy atom. The lowest BCUT2D eigenvalue weighted by molar-refractivity contribution is 0.268. The van der Waals surface area contributed by atoms with Crippen molar-refractivity contribution in [1.82, 2.24) is 20.4 Å². The van der Waals surface area contributed by atoms with Crippen LogP contribution in [0.1, 0.15) is 62.2 Å². The summed E-state index contributed by atoms with van der Waals surface area (Å²) in [7, 11) is 3.75. The smallest absolute Gasteiger partial charge is 0.191 e. The van der Waals surface area contributed by atoms with Crippen LogP contribution in [0, 0.1) is 13.8 Å². The highest BCUT2D eigenvalue weighted by molar-refractivity contribution is 5.80. The van der Waals surface area contributed by atoms with E-state index in [0.29, 0.717) is 19.8 Å². The van der Waals surface area contributed by atoms with Gasteiger partial charge in [0, 0.05) is 31.9 Å². The summed E-state index contributed by atoms with van der Waals surface area (Å²) < 4.78 is 13.7. The maximum Gasteiger partial charge on any atom is 0.191 e. The molecule has 1 atom stereocenters. The Morgan fingerprint density at radius 2 is 1.80 bits per heavy atom. The molecule has 0 aliphatic heterocycles. The van der Waals surface area contributed by atoms with Crippen molar-refractivity contribution in [2.24, 2.45) is 12.0 Å². The lowest BCUT2D eigenvalue weighted by Crippen LogP contribution is -2.38. The molecule has 1 heterocycles. The first-order valence-electron chi connectivity index (χ1n) is 10.8. The van der Waals surface area contributed by atoms with Crippen LogP contribution in [0.5, 0.6) is 11.5 Å². The monoisotopic (exact) mass is 415 g/mol. The van der Waals surface area contributed by atoms with E-state index in [1.807, 2.05) is 24.7 Å². The maximum atomic E-state index is 5.93. The van der Waals surface area contributed by atoms with Gasteiger partial charge in [0.2, 0.25) is 0 Å². The van der Waals surface area contributed by atoms with Crippen LogP contribution in [0.15, 0.2) is 23.2 Å². The molecular weight excluding hydrogens is 378 g/mol. The predicted octanol–water partition coefficient (Wildman–Crippen LogP) is 4.04. The normalized spacial score (nSPS) is 12.6. The Morgan fingerprint density at radius 1 is 1.13 bits per heavy atom. The fourth-order valence-electron chi connectivity index (χ4n) is 3.18. The van der Waals surface area contributed by atoms with Gasteiger partial charge in [0.15, 0.2) is 17.5 Å². The number of guanidine groups is 1. The summed E-state index contributed by atoms with van der Waals surface area (Å²) in [5, 5.41) is 11.3. The number of benzene rings is 1. The van der Waals surface area contributed by atoms with Crippen molar-refractivity contribution >= 4 is 5.96 Å². The molecule has 2 N–H and O–H groups in total. The molecular formula is C23H37N5O2. The molecule has 1 unspecified atom stereocenters. The van der Waals surface area contributed by atoms with E-state index in [4.69, 9.17) is 9.47 Å². The van der Waals surface area contributed by atoms with Gasteiger partial charge < -0.3 is 20.1 Å². The van der Waals surface area contributed by atoms with Gasteiger partial charge in [0.05, 0.1) is 24.9 Å². The highest BCUT2D eigenvalue weighted by Crippen LogP contribution is 2.31. The first kappa shape index (κ1) is 23.6. The molecule has 7 heteroatoms. The van der Waals surface area contributed by atoms with Crippen LogP contribution in [-0.4, -0.2) is 36.0 Å². The molecule has 0 spiro atoms. The first-order valence-corrected chi connectivity index (χ1v) is 10.8. The van der Waals surface area contributed by atoms with E-state index in [2.05, 4.69) is 60.6 Å². The fourth-order valence-corrected chi connectivity index (χ4v) is 3.18. The van der Waals surface area contributed by atoms with Crippen molar-refractivity contribution in [1.29, 1.82) is 0 Å². The molecule has 1 aromatic heterocycles. The second-order valence-electron chi connectivity index (χ2n) is 7.47. The molecule has 2 aromatic rings. The largest absolute Gasteiger partial charge is 0.490 e. The van der Waals surface area contributed by atoms with Gasteiger partial charge in [-0.05, 0) is 51.3 Å². The molecule has 0 amide bonds. The minimum Gasteiger partial charge on any atom is -0.490 e. The van der Waals surface area contributed by atoms with Gasteiger partial charge in [-0.1, -0.05) is 19.9 Å². The molecule has 0 fully saturated rings. The minimum atomic E-state index is 0.0523. The van der Waals surface area contributed by atoms with Crippen molar-refractivity contribution in [3.63, 3.8) is 0 Å². The summed E-state index contributed by atoms with van der Waals surface area (Å²) >= 11 is 0. The van der Waals surface area contributed by atoms with E-state index >= 15 is 0 Å². The van der Waals surface area contributed by atoms with E-state index in [-0.39, 0.29) is 6.04 Å². The summed E-state index contributed by atoms with van der Waals surface area (Å²) in [5.41, 5.74) is 4.50. The SMILES string of the molecule is CCCOc1ccc(C(C)NC(=NC)NCc2c(C)nn(C)c2C)cc1OCCC. The zero-order valence-corrected chi connectivity index (χ0v) is 19.5. The number of ether oxygens (including phenoxy) is 2. The van der Waals surface area contributed by atoms with Gasteiger partial charge >= 0.3 is 0 Å². The molecule has 0 aliphatic rings. The van der Waals surface area contributed by atoms with Crippen LogP contribution in [0.4, 0.5) is 0 Å². The van der Waals surface area contributed by atoms with Gasteiger partial charge in [0.1, 0.15) is 0 Å². The average molecular weight is 416 g/mol. The fraction of sp³-hybridized carbons (Fsp3) is 0.565. The van der Waals surface area contributed by atoms with Crippen LogP contribution < -0.4 is 20.1 Å². The van der Waals surface area contributed by atoms with E-state index < -0.39 is 0 Å². The van der Waals surface area contributed by atoms with Gasteiger partial charge in [-0.2, -0.15) is 5.10 Å². The maximum absolute atomic E-state index is 5.93. The average Bonchev–Trinajstić information content (AvgIpc) is 2.99. The number of nitrogens with zero attached hydrogens (tertiary/aromatic N) is 3. The van der Waals surface area contributed by atoms with Crippen LogP contribution >= 0.6 is 0 Å². The molecule has 1 aromatic carbocycles. The second-order valence-corrected chi connectivity index (χ2v) is 7.47. The Kier molecular flexibility index (Phi) is 9.02. The Labute approximate surface area is 180 Å². The molecule has 166 valence electrons. The summed E-state index contributed by atoms with van der Waals surface area (Å²) in [6.45, 7) is 12.4. The summed E-state index contributed by atoms with van der Waals surface area (Å²) in [4.78, 5) is 4.38. The highest BCUT2D eigenvalue weighted by atomic mass is 16.5. The van der Waals surface area contributed by atoms with Crippen LogP contribution in [-0.2, 0) is 13.6 Å². The van der Waals surface area contributed by atoms with Crippen molar-refractivity contribution in [2.45, 2.75) is 60.0 Å². The molecule has 0 saturated carbocycles. The molecule has 0 aliphatic carbocycles. The van der Waals surface area contributed by atoms with E-state index in [1.165, 1.54) is 5.56 Å². The number of hydrogen-bond acceptors (Lipinski definition) is 4. The molecule has 0 radical (unpaired) electrons. The van der Waals surface area contributed by atoms with Gasteiger partial charge in [-0.25, -0.2) is 0 Å². The molecule has 2 rings (SSSR count). The van der Waals surface area contributed by atoms with Crippen molar-refractivity contribution in [2.75, 3.05) is 20.3 Å². The quantitative estimate of drug-likeness (QED) is 0.453. The number of nitrogens with one attached hydrogen (secondary N) is 2. The summed E-state index contributed by atoms with van der Waals surface area (Å²) in [5.74, 6) is 2.33. The summed E-state index contributed by atoms with van der Waals surface area (Å²) in [6.07, 6.45) is 1.92. The van der Waals surface area contributed by atoms with E-state index in [9.17, 15) is 0 Å². The summed E-state index contributed by atoms with van der Waals surface area (Å²) in [6, 6.07) is 6.18. The van der Waals surface area contributed by atoms with Crippen LogP contribution in [0.2, 0.25) is 0 Å².